The van der Waals surface area contributed by atoms with Gasteiger partial charge in [-0.1, -0.05) is 0 Å². The van der Waals surface area contributed by atoms with Crippen LogP contribution in [0.3, 0.4) is 0 Å². The average molecular weight is 487 g/mol. The number of guanidine groups is 1. The Bertz CT molecular complexity index is 534. The van der Waals surface area contributed by atoms with Crippen molar-refractivity contribution in [2.24, 2.45) is 4.99 Å². The van der Waals surface area contributed by atoms with E-state index < -0.39 is 6.61 Å². The number of hydrogen-bond donors (Lipinski definition) is 2. The SMILES string of the molecule is CN=C(NCCCCCOC)NCc1cc(OC)ccc1OC(F)F.I. The summed E-state index contributed by atoms with van der Waals surface area (Å²) in [7, 11) is 4.86. The van der Waals surface area contributed by atoms with Gasteiger partial charge in [-0.2, -0.15) is 8.78 Å². The first-order chi connectivity index (χ1) is 12.1. The lowest BCUT2D eigenvalue weighted by atomic mass is 10.2. The third kappa shape index (κ3) is 9.95. The van der Waals surface area contributed by atoms with Crippen LogP contribution in [0.25, 0.3) is 0 Å². The summed E-state index contributed by atoms with van der Waals surface area (Å²) in [6.07, 6.45) is 3.06. The van der Waals surface area contributed by atoms with Crippen molar-refractivity contribution in [2.75, 3.05) is 34.4 Å². The van der Waals surface area contributed by atoms with Crippen molar-refractivity contribution in [1.82, 2.24) is 10.6 Å². The molecule has 0 unspecified atom stereocenters. The minimum Gasteiger partial charge on any atom is -0.497 e. The van der Waals surface area contributed by atoms with E-state index in [9.17, 15) is 8.78 Å². The Hall–Kier alpha value is -1.36. The van der Waals surface area contributed by atoms with Gasteiger partial charge in [0.05, 0.1) is 7.11 Å². The molecule has 1 rings (SSSR count). The molecule has 0 aliphatic carbocycles. The summed E-state index contributed by atoms with van der Waals surface area (Å²) in [6, 6.07) is 4.70. The molecule has 0 saturated heterocycles. The zero-order valence-electron chi connectivity index (χ0n) is 15.4. The van der Waals surface area contributed by atoms with E-state index in [4.69, 9.17) is 9.47 Å². The van der Waals surface area contributed by atoms with Gasteiger partial charge in [0.15, 0.2) is 5.96 Å². The zero-order chi connectivity index (χ0) is 18.5. The molecule has 0 aliphatic heterocycles. The lowest BCUT2D eigenvalue weighted by molar-refractivity contribution is -0.0504. The minimum atomic E-state index is -2.88. The van der Waals surface area contributed by atoms with Gasteiger partial charge in [0.25, 0.3) is 0 Å². The van der Waals surface area contributed by atoms with Gasteiger partial charge in [-0.05, 0) is 37.5 Å². The highest BCUT2D eigenvalue weighted by atomic mass is 127. The van der Waals surface area contributed by atoms with E-state index >= 15 is 0 Å². The molecule has 1 aromatic rings. The molecule has 0 bridgehead atoms. The molecule has 0 spiro atoms. The zero-order valence-corrected chi connectivity index (χ0v) is 17.7. The molecule has 0 saturated carbocycles. The van der Waals surface area contributed by atoms with E-state index in [2.05, 4.69) is 20.4 Å². The van der Waals surface area contributed by atoms with Crippen molar-refractivity contribution in [3.8, 4) is 11.5 Å². The van der Waals surface area contributed by atoms with E-state index in [-0.39, 0.29) is 36.3 Å². The van der Waals surface area contributed by atoms with Gasteiger partial charge in [-0.15, -0.1) is 24.0 Å². The van der Waals surface area contributed by atoms with Gasteiger partial charge in [0.1, 0.15) is 11.5 Å². The summed E-state index contributed by atoms with van der Waals surface area (Å²) >= 11 is 0. The van der Waals surface area contributed by atoms with Crippen LogP contribution in [0, 0.1) is 0 Å². The van der Waals surface area contributed by atoms with Crippen molar-refractivity contribution in [3.05, 3.63) is 23.8 Å². The van der Waals surface area contributed by atoms with Gasteiger partial charge in [-0.3, -0.25) is 4.99 Å². The van der Waals surface area contributed by atoms with Gasteiger partial charge in [0.2, 0.25) is 0 Å². The lowest BCUT2D eigenvalue weighted by Gasteiger charge is -2.15. The highest BCUT2D eigenvalue weighted by Gasteiger charge is 2.11. The van der Waals surface area contributed by atoms with Crippen molar-refractivity contribution in [2.45, 2.75) is 32.4 Å². The number of methoxy groups -OCH3 is 2. The highest BCUT2D eigenvalue weighted by Crippen LogP contribution is 2.25. The molecule has 0 amide bonds. The van der Waals surface area contributed by atoms with Crippen LogP contribution in [0.5, 0.6) is 11.5 Å². The predicted molar refractivity (Wildman–Crippen MR) is 109 cm³/mol. The third-order valence-electron chi connectivity index (χ3n) is 3.47. The number of hydrogen-bond acceptors (Lipinski definition) is 4. The third-order valence-corrected chi connectivity index (χ3v) is 3.47. The molecule has 1 aromatic carbocycles. The largest absolute Gasteiger partial charge is 0.497 e. The van der Waals surface area contributed by atoms with Gasteiger partial charge < -0.3 is 24.8 Å². The van der Waals surface area contributed by atoms with Gasteiger partial charge >= 0.3 is 6.61 Å². The fourth-order valence-corrected chi connectivity index (χ4v) is 2.19. The first-order valence-electron chi connectivity index (χ1n) is 8.16. The summed E-state index contributed by atoms with van der Waals surface area (Å²) < 4.78 is 39.7. The van der Waals surface area contributed by atoms with E-state index in [1.54, 1.807) is 26.3 Å². The second-order valence-electron chi connectivity index (χ2n) is 5.26. The molecular formula is C17H28F2IN3O3. The number of nitrogens with one attached hydrogen (secondary N) is 2. The Morgan fingerprint density at radius 2 is 1.92 bits per heavy atom. The standard InChI is InChI=1S/C17H27F2N3O3.HI/c1-20-17(21-9-5-4-6-10-23-2)22-12-13-11-14(24-3)7-8-15(13)25-16(18)19;/h7-8,11,16H,4-6,9-10,12H2,1-3H3,(H2,20,21,22);1H. The molecule has 0 radical (unpaired) electrons. The summed E-state index contributed by atoms with van der Waals surface area (Å²) in [5, 5.41) is 6.27. The normalized spacial score (nSPS) is 11.1. The first-order valence-corrected chi connectivity index (χ1v) is 8.16. The van der Waals surface area contributed by atoms with Crippen molar-refractivity contribution >= 4 is 29.9 Å². The molecule has 9 heteroatoms. The number of unbranched alkanes of at least 4 members (excludes halogenated alkanes) is 2. The summed E-state index contributed by atoms with van der Waals surface area (Å²) in [5.74, 6) is 1.27. The molecule has 150 valence electrons. The van der Waals surface area contributed by atoms with Crippen molar-refractivity contribution < 1.29 is 23.0 Å². The number of benzene rings is 1. The van der Waals surface area contributed by atoms with E-state index in [0.29, 0.717) is 17.3 Å². The lowest BCUT2D eigenvalue weighted by Crippen LogP contribution is -2.37. The Kier molecular flexibility index (Phi) is 14.0. The number of rotatable bonds is 11. The van der Waals surface area contributed by atoms with Crippen LogP contribution in [0.2, 0.25) is 0 Å². The number of ether oxygens (including phenoxy) is 3. The van der Waals surface area contributed by atoms with E-state index in [1.165, 1.54) is 13.2 Å². The maximum absolute atomic E-state index is 12.5. The maximum Gasteiger partial charge on any atom is 0.387 e. The predicted octanol–water partition coefficient (Wildman–Crippen LogP) is 3.40. The van der Waals surface area contributed by atoms with Crippen LogP contribution in [-0.4, -0.2) is 47.0 Å². The molecule has 2 N–H and O–H groups in total. The summed E-state index contributed by atoms with van der Waals surface area (Å²) in [4.78, 5) is 4.12. The Labute approximate surface area is 170 Å². The van der Waals surface area contributed by atoms with Crippen LogP contribution in [0.4, 0.5) is 8.78 Å². The fraction of sp³-hybridized carbons (Fsp3) is 0.588. The Balaban J connectivity index is 0.00000625. The number of nitrogens with zero attached hydrogens (tertiary/aromatic N) is 1. The monoisotopic (exact) mass is 487 g/mol. The molecule has 6 nitrogen and oxygen atoms in total. The topological polar surface area (TPSA) is 64.1 Å². The smallest absolute Gasteiger partial charge is 0.387 e. The van der Waals surface area contributed by atoms with Crippen molar-refractivity contribution in [3.63, 3.8) is 0 Å². The summed E-state index contributed by atoms with van der Waals surface area (Å²) in [6.45, 7) is -1.07. The molecule has 0 heterocycles. The molecule has 0 aromatic heterocycles. The van der Waals surface area contributed by atoms with E-state index in [1.807, 2.05) is 0 Å². The molecule has 26 heavy (non-hydrogen) atoms. The molecular weight excluding hydrogens is 459 g/mol. The van der Waals surface area contributed by atoms with Crippen LogP contribution >= 0.6 is 24.0 Å². The number of alkyl halides is 2. The van der Waals surface area contributed by atoms with Crippen LogP contribution in [0.1, 0.15) is 24.8 Å². The quantitative estimate of drug-likeness (QED) is 0.217. The second kappa shape index (κ2) is 14.8. The van der Waals surface area contributed by atoms with E-state index in [0.717, 1.165) is 32.4 Å². The second-order valence-corrected chi connectivity index (χ2v) is 5.26. The highest BCUT2D eigenvalue weighted by molar-refractivity contribution is 14.0. The number of aliphatic imine (C=N–C) groups is 1. The molecule has 0 atom stereocenters. The first kappa shape index (κ1) is 24.6. The van der Waals surface area contributed by atoms with Gasteiger partial charge in [-0.25, -0.2) is 0 Å². The van der Waals surface area contributed by atoms with Gasteiger partial charge in [0, 0.05) is 39.4 Å². The Morgan fingerprint density at radius 3 is 2.54 bits per heavy atom. The van der Waals surface area contributed by atoms with Crippen LogP contribution in [0.15, 0.2) is 23.2 Å². The fourth-order valence-electron chi connectivity index (χ4n) is 2.19. The average Bonchev–Trinajstić information content (AvgIpc) is 2.61. The molecule has 0 aliphatic rings. The van der Waals surface area contributed by atoms with Crippen LogP contribution < -0.4 is 20.1 Å². The maximum atomic E-state index is 12.5. The van der Waals surface area contributed by atoms with Crippen molar-refractivity contribution in [1.29, 1.82) is 0 Å². The van der Waals surface area contributed by atoms with Crippen LogP contribution in [-0.2, 0) is 11.3 Å². The Morgan fingerprint density at radius 1 is 1.15 bits per heavy atom. The number of halogens is 3. The molecule has 0 fully saturated rings. The minimum absolute atomic E-state index is 0. The summed E-state index contributed by atoms with van der Waals surface area (Å²) in [5.41, 5.74) is 0.558.